The van der Waals surface area contributed by atoms with Crippen molar-refractivity contribution in [2.45, 2.75) is 6.92 Å². The molecule has 0 aliphatic heterocycles. The molecule has 84 valence electrons. The maximum absolute atomic E-state index is 12.8. The minimum atomic E-state index is -1.22. The molecule has 0 aliphatic carbocycles. The van der Waals surface area contributed by atoms with Gasteiger partial charge in [0.05, 0.1) is 0 Å². The highest BCUT2D eigenvalue weighted by Gasteiger charge is 2.03. The number of anilines is 1. The maximum Gasteiger partial charge on any atom is 0.328 e. The van der Waals surface area contributed by atoms with E-state index in [1.807, 2.05) is 0 Å². The van der Waals surface area contributed by atoms with Gasteiger partial charge in [-0.15, -0.1) is 0 Å². The lowest BCUT2D eigenvalue weighted by Gasteiger charge is -2.05. The van der Waals surface area contributed by atoms with Crippen LogP contribution in [0.5, 0.6) is 0 Å². The highest BCUT2D eigenvalue weighted by molar-refractivity contribution is 6.02. The lowest BCUT2D eigenvalue weighted by molar-refractivity contribution is -0.131. The van der Waals surface area contributed by atoms with Crippen LogP contribution < -0.4 is 5.32 Å². The summed E-state index contributed by atoms with van der Waals surface area (Å²) in [5.41, 5.74) is 1.01. The van der Waals surface area contributed by atoms with E-state index in [0.717, 1.165) is 6.08 Å². The van der Waals surface area contributed by atoms with E-state index in [4.69, 9.17) is 5.11 Å². The van der Waals surface area contributed by atoms with Gasteiger partial charge >= 0.3 is 5.97 Å². The summed E-state index contributed by atoms with van der Waals surface area (Å²) in [4.78, 5) is 21.3. The lowest BCUT2D eigenvalue weighted by Crippen LogP contribution is -2.10. The topological polar surface area (TPSA) is 66.4 Å². The fraction of sp³-hybridized carbons (Fsp3) is 0.0909. The van der Waals surface area contributed by atoms with Gasteiger partial charge in [0.25, 0.3) is 0 Å². The Bertz CT molecular complexity index is 455. The van der Waals surface area contributed by atoms with Crippen molar-refractivity contribution in [3.05, 3.63) is 41.7 Å². The molecule has 0 aliphatic rings. The van der Waals surface area contributed by atoms with Crippen molar-refractivity contribution >= 4 is 17.6 Å². The number of carboxylic acids is 1. The van der Waals surface area contributed by atoms with Crippen LogP contribution in [0.2, 0.25) is 0 Å². The van der Waals surface area contributed by atoms with E-state index in [0.29, 0.717) is 17.3 Å². The summed E-state index contributed by atoms with van der Waals surface area (Å²) in [6.45, 7) is 1.70. The van der Waals surface area contributed by atoms with Gasteiger partial charge in [0.2, 0.25) is 5.91 Å². The molecule has 5 heteroatoms. The van der Waals surface area contributed by atoms with Crippen molar-refractivity contribution < 1.29 is 19.1 Å². The maximum atomic E-state index is 12.8. The van der Waals surface area contributed by atoms with Crippen LogP contribution >= 0.6 is 0 Å². The van der Waals surface area contributed by atoms with Crippen LogP contribution in [-0.2, 0) is 9.59 Å². The zero-order valence-electron chi connectivity index (χ0n) is 8.53. The quantitative estimate of drug-likeness (QED) is 0.766. The average Bonchev–Trinajstić information content (AvgIpc) is 2.20. The Kier molecular flexibility index (Phi) is 3.77. The van der Waals surface area contributed by atoms with Gasteiger partial charge in [-0.05, 0) is 24.6 Å². The molecular formula is C11H10FNO3. The van der Waals surface area contributed by atoms with Gasteiger partial charge in [-0.3, -0.25) is 4.79 Å². The van der Waals surface area contributed by atoms with Gasteiger partial charge < -0.3 is 10.4 Å². The van der Waals surface area contributed by atoms with Gasteiger partial charge in [0.1, 0.15) is 5.82 Å². The second kappa shape index (κ2) is 5.06. The molecule has 1 amide bonds. The second-order valence-corrected chi connectivity index (χ2v) is 3.12. The summed E-state index contributed by atoms with van der Waals surface area (Å²) in [5.74, 6) is -2.30. The lowest BCUT2D eigenvalue weighted by atomic mass is 10.2. The molecule has 0 radical (unpaired) electrons. The summed E-state index contributed by atoms with van der Waals surface area (Å²) < 4.78 is 12.8. The number of hydrogen-bond acceptors (Lipinski definition) is 2. The molecule has 0 fully saturated rings. The predicted octanol–water partition coefficient (Wildman–Crippen LogP) is 1.71. The third-order valence-electron chi connectivity index (χ3n) is 1.83. The Morgan fingerprint density at radius 1 is 1.38 bits per heavy atom. The molecular weight excluding hydrogens is 213 g/mol. The Labute approximate surface area is 91.4 Å². The van der Waals surface area contributed by atoms with Gasteiger partial charge in [0, 0.05) is 17.8 Å². The van der Waals surface area contributed by atoms with Crippen LogP contribution in [0.3, 0.4) is 0 Å². The molecule has 1 aromatic rings. The van der Waals surface area contributed by atoms with Crippen molar-refractivity contribution in [1.29, 1.82) is 0 Å². The van der Waals surface area contributed by atoms with E-state index < -0.39 is 17.7 Å². The molecule has 2 N–H and O–H groups in total. The first-order valence-corrected chi connectivity index (χ1v) is 4.47. The first kappa shape index (κ1) is 11.9. The largest absolute Gasteiger partial charge is 0.478 e. The number of amides is 1. The average molecular weight is 223 g/mol. The number of carbonyl (C=O) groups excluding carboxylic acids is 1. The van der Waals surface area contributed by atoms with Crippen LogP contribution in [0.15, 0.2) is 30.4 Å². The van der Waals surface area contributed by atoms with Gasteiger partial charge in [-0.2, -0.15) is 0 Å². The standard InChI is InChI=1S/C11H10FNO3/c1-7-2-3-8(12)6-9(7)13-10(14)4-5-11(15)16/h2-6H,1H3,(H,13,14)(H,15,16)/b5-4+. The van der Waals surface area contributed by atoms with Crippen molar-refractivity contribution in [2.24, 2.45) is 0 Å². The Morgan fingerprint density at radius 2 is 2.06 bits per heavy atom. The molecule has 1 aromatic carbocycles. The smallest absolute Gasteiger partial charge is 0.328 e. The van der Waals surface area contributed by atoms with Crippen molar-refractivity contribution in [3.63, 3.8) is 0 Å². The molecule has 0 bridgehead atoms. The normalized spacial score (nSPS) is 10.4. The number of benzene rings is 1. The van der Waals surface area contributed by atoms with E-state index in [9.17, 15) is 14.0 Å². The Balaban J connectivity index is 2.77. The van der Waals surface area contributed by atoms with Crippen LogP contribution in [0.1, 0.15) is 5.56 Å². The highest BCUT2D eigenvalue weighted by atomic mass is 19.1. The molecule has 0 spiro atoms. The highest BCUT2D eigenvalue weighted by Crippen LogP contribution is 2.15. The number of carboxylic acid groups (broad SMARTS) is 1. The van der Waals surface area contributed by atoms with Crippen LogP contribution in [0, 0.1) is 12.7 Å². The number of rotatable bonds is 3. The first-order valence-electron chi connectivity index (χ1n) is 4.47. The number of hydrogen-bond donors (Lipinski definition) is 2. The van der Waals surface area contributed by atoms with E-state index in [1.54, 1.807) is 6.92 Å². The number of aliphatic carboxylic acids is 1. The van der Waals surface area contributed by atoms with E-state index in [1.165, 1.54) is 18.2 Å². The summed E-state index contributed by atoms with van der Waals surface area (Å²) in [6, 6.07) is 3.96. The molecule has 4 nitrogen and oxygen atoms in total. The van der Waals surface area contributed by atoms with Crippen LogP contribution in [-0.4, -0.2) is 17.0 Å². The monoisotopic (exact) mass is 223 g/mol. The number of carbonyl (C=O) groups is 2. The summed E-state index contributed by atoms with van der Waals surface area (Å²) >= 11 is 0. The zero-order valence-corrected chi connectivity index (χ0v) is 8.53. The second-order valence-electron chi connectivity index (χ2n) is 3.12. The van der Waals surface area contributed by atoms with E-state index >= 15 is 0 Å². The van der Waals surface area contributed by atoms with E-state index in [2.05, 4.69) is 5.32 Å². The molecule has 16 heavy (non-hydrogen) atoms. The Hall–Kier alpha value is -2.17. The summed E-state index contributed by atoms with van der Waals surface area (Å²) in [5, 5.41) is 10.7. The minimum Gasteiger partial charge on any atom is -0.478 e. The Morgan fingerprint density at radius 3 is 2.69 bits per heavy atom. The molecule has 1 rings (SSSR count). The van der Waals surface area contributed by atoms with Crippen molar-refractivity contribution in [1.82, 2.24) is 0 Å². The predicted molar refractivity (Wildman–Crippen MR) is 56.5 cm³/mol. The number of halogens is 1. The van der Waals surface area contributed by atoms with Gasteiger partial charge in [0.15, 0.2) is 0 Å². The first-order chi connectivity index (χ1) is 7.49. The van der Waals surface area contributed by atoms with Crippen LogP contribution in [0.4, 0.5) is 10.1 Å². The van der Waals surface area contributed by atoms with E-state index in [-0.39, 0.29) is 0 Å². The number of aryl methyl sites for hydroxylation is 1. The molecule has 0 aromatic heterocycles. The molecule has 0 saturated carbocycles. The summed E-state index contributed by atoms with van der Waals surface area (Å²) in [6.07, 6.45) is 1.58. The van der Waals surface area contributed by atoms with Crippen LogP contribution in [0.25, 0.3) is 0 Å². The molecule has 0 saturated heterocycles. The zero-order chi connectivity index (χ0) is 12.1. The van der Waals surface area contributed by atoms with Gasteiger partial charge in [-0.25, -0.2) is 9.18 Å². The molecule has 0 heterocycles. The number of nitrogens with one attached hydrogen (secondary N) is 1. The SMILES string of the molecule is Cc1ccc(F)cc1NC(=O)/C=C/C(=O)O. The van der Waals surface area contributed by atoms with Crippen molar-refractivity contribution in [3.8, 4) is 0 Å². The minimum absolute atomic E-state index is 0.319. The molecule has 0 atom stereocenters. The molecule has 0 unspecified atom stereocenters. The van der Waals surface area contributed by atoms with Crippen molar-refractivity contribution in [2.75, 3.05) is 5.32 Å². The third kappa shape index (κ3) is 3.53. The summed E-state index contributed by atoms with van der Waals surface area (Å²) in [7, 11) is 0. The third-order valence-corrected chi connectivity index (χ3v) is 1.83. The fourth-order valence-corrected chi connectivity index (χ4v) is 1.05. The fourth-order valence-electron chi connectivity index (χ4n) is 1.05. The van der Waals surface area contributed by atoms with Gasteiger partial charge in [-0.1, -0.05) is 6.07 Å².